The third-order valence-electron chi connectivity index (χ3n) is 2.78. The van der Waals surface area contributed by atoms with Crippen LogP contribution in [0.4, 0.5) is 0 Å². The van der Waals surface area contributed by atoms with E-state index >= 15 is 0 Å². The third-order valence-corrected chi connectivity index (χ3v) is 3.47. The van der Waals surface area contributed by atoms with Crippen LogP contribution in [0.2, 0.25) is 0 Å². The molecule has 3 nitrogen and oxygen atoms in total. The van der Waals surface area contributed by atoms with Gasteiger partial charge in [0.2, 0.25) is 0 Å². The van der Waals surface area contributed by atoms with Gasteiger partial charge in [-0.25, -0.2) is 0 Å². The minimum Gasteiger partial charge on any atom is -0.457 e. The molecule has 0 heterocycles. The predicted octanol–water partition coefficient (Wildman–Crippen LogP) is 3.75. The lowest BCUT2D eigenvalue weighted by atomic mass is 10.1. The van der Waals surface area contributed by atoms with Gasteiger partial charge in [-0.15, -0.1) is 0 Å². The van der Waals surface area contributed by atoms with Gasteiger partial charge in [0.15, 0.2) is 0 Å². The van der Waals surface area contributed by atoms with Gasteiger partial charge in [-0.3, -0.25) is 0 Å². The van der Waals surface area contributed by atoms with Crippen LogP contribution in [-0.2, 0) is 6.61 Å². The molecule has 19 heavy (non-hydrogen) atoms. The Kier molecular flexibility index (Phi) is 4.58. The molecule has 2 aromatic rings. The molecular formula is C15H16BrNO2. The molecule has 0 aromatic heterocycles. The highest BCUT2D eigenvalue weighted by Gasteiger charge is 2.07. The van der Waals surface area contributed by atoms with E-state index in [0.29, 0.717) is 5.75 Å². The summed E-state index contributed by atoms with van der Waals surface area (Å²) in [7, 11) is 0. The molecular weight excluding hydrogens is 306 g/mol. The lowest BCUT2D eigenvalue weighted by molar-refractivity contribution is 0.281. The summed E-state index contributed by atoms with van der Waals surface area (Å²) in [6, 6.07) is 13.1. The SMILES string of the molecule is CC(N)c1ccc(Oc2cccc(CO)c2)cc1Br. The molecule has 0 aliphatic carbocycles. The highest BCUT2D eigenvalue weighted by molar-refractivity contribution is 9.10. The number of hydrogen-bond donors (Lipinski definition) is 2. The zero-order valence-corrected chi connectivity index (χ0v) is 12.2. The van der Waals surface area contributed by atoms with Crippen LogP contribution in [0.15, 0.2) is 46.9 Å². The molecule has 0 saturated carbocycles. The summed E-state index contributed by atoms with van der Waals surface area (Å²) in [4.78, 5) is 0. The van der Waals surface area contributed by atoms with Crippen LogP contribution >= 0.6 is 15.9 Å². The first-order chi connectivity index (χ1) is 9.10. The Hall–Kier alpha value is -1.36. The molecule has 1 atom stereocenters. The molecule has 100 valence electrons. The van der Waals surface area contributed by atoms with Crippen LogP contribution < -0.4 is 10.5 Å². The fourth-order valence-electron chi connectivity index (χ4n) is 1.78. The first kappa shape index (κ1) is 14.1. The number of ether oxygens (including phenoxy) is 1. The van der Waals surface area contributed by atoms with E-state index in [9.17, 15) is 0 Å². The first-order valence-electron chi connectivity index (χ1n) is 6.03. The van der Waals surface area contributed by atoms with Crippen molar-refractivity contribution in [3.05, 3.63) is 58.1 Å². The monoisotopic (exact) mass is 321 g/mol. The maximum atomic E-state index is 9.09. The topological polar surface area (TPSA) is 55.5 Å². The molecule has 0 saturated heterocycles. The second kappa shape index (κ2) is 6.19. The average Bonchev–Trinajstić information content (AvgIpc) is 2.38. The van der Waals surface area contributed by atoms with Crippen molar-refractivity contribution in [2.24, 2.45) is 5.73 Å². The Bertz CT molecular complexity index is 570. The third kappa shape index (κ3) is 3.56. The number of rotatable bonds is 4. The lowest BCUT2D eigenvalue weighted by Crippen LogP contribution is -2.05. The molecule has 0 bridgehead atoms. The predicted molar refractivity (Wildman–Crippen MR) is 79.2 cm³/mol. The minimum atomic E-state index is -0.0267. The summed E-state index contributed by atoms with van der Waals surface area (Å²) in [6.45, 7) is 1.94. The number of halogens is 1. The van der Waals surface area contributed by atoms with Crippen LogP contribution in [0.1, 0.15) is 24.1 Å². The van der Waals surface area contributed by atoms with Gasteiger partial charge in [0.25, 0.3) is 0 Å². The highest BCUT2D eigenvalue weighted by atomic mass is 79.9. The highest BCUT2D eigenvalue weighted by Crippen LogP contribution is 2.29. The summed E-state index contributed by atoms with van der Waals surface area (Å²) >= 11 is 3.49. The zero-order chi connectivity index (χ0) is 13.8. The quantitative estimate of drug-likeness (QED) is 0.901. The summed E-state index contributed by atoms with van der Waals surface area (Å²) < 4.78 is 6.68. The fourth-order valence-corrected chi connectivity index (χ4v) is 2.50. The van der Waals surface area contributed by atoms with Crippen molar-refractivity contribution in [2.45, 2.75) is 19.6 Å². The second-order valence-corrected chi connectivity index (χ2v) is 5.23. The number of hydrogen-bond acceptors (Lipinski definition) is 3. The van der Waals surface area contributed by atoms with Gasteiger partial charge in [0, 0.05) is 10.5 Å². The lowest BCUT2D eigenvalue weighted by Gasteiger charge is -2.11. The molecule has 0 aliphatic heterocycles. The van der Waals surface area contributed by atoms with E-state index < -0.39 is 0 Å². The Morgan fingerprint density at radius 2 is 1.95 bits per heavy atom. The van der Waals surface area contributed by atoms with Crippen molar-refractivity contribution >= 4 is 15.9 Å². The van der Waals surface area contributed by atoms with Crippen LogP contribution in [0.5, 0.6) is 11.5 Å². The number of nitrogens with two attached hydrogens (primary N) is 1. The van der Waals surface area contributed by atoms with E-state index in [4.69, 9.17) is 15.6 Å². The molecule has 0 spiro atoms. The van der Waals surface area contributed by atoms with Crippen LogP contribution in [0.3, 0.4) is 0 Å². The number of aliphatic hydroxyl groups is 1. The molecule has 2 rings (SSSR count). The van der Waals surface area contributed by atoms with E-state index in [2.05, 4.69) is 15.9 Å². The average molecular weight is 322 g/mol. The minimum absolute atomic E-state index is 0.00448. The van der Waals surface area contributed by atoms with Crippen molar-refractivity contribution in [3.63, 3.8) is 0 Å². The maximum Gasteiger partial charge on any atom is 0.128 e. The van der Waals surface area contributed by atoms with Crippen molar-refractivity contribution < 1.29 is 9.84 Å². The normalized spacial score (nSPS) is 12.2. The molecule has 0 fully saturated rings. The molecule has 4 heteroatoms. The van der Waals surface area contributed by atoms with Crippen LogP contribution in [-0.4, -0.2) is 5.11 Å². The van der Waals surface area contributed by atoms with E-state index in [1.807, 2.05) is 49.4 Å². The smallest absolute Gasteiger partial charge is 0.128 e. The Labute approximate surface area is 121 Å². The van der Waals surface area contributed by atoms with Gasteiger partial charge < -0.3 is 15.6 Å². The van der Waals surface area contributed by atoms with Gasteiger partial charge in [0.1, 0.15) is 11.5 Å². The Morgan fingerprint density at radius 1 is 1.21 bits per heavy atom. The van der Waals surface area contributed by atoms with Crippen molar-refractivity contribution in [1.82, 2.24) is 0 Å². The second-order valence-electron chi connectivity index (χ2n) is 4.38. The van der Waals surface area contributed by atoms with E-state index in [0.717, 1.165) is 21.3 Å². The molecule has 2 aromatic carbocycles. The van der Waals surface area contributed by atoms with Crippen LogP contribution in [0, 0.1) is 0 Å². The Morgan fingerprint density at radius 3 is 2.58 bits per heavy atom. The molecule has 1 unspecified atom stereocenters. The van der Waals surface area contributed by atoms with Crippen LogP contribution in [0.25, 0.3) is 0 Å². The van der Waals surface area contributed by atoms with Crippen molar-refractivity contribution in [2.75, 3.05) is 0 Å². The molecule has 0 radical (unpaired) electrons. The largest absolute Gasteiger partial charge is 0.457 e. The van der Waals surface area contributed by atoms with E-state index in [-0.39, 0.29) is 12.6 Å². The fraction of sp³-hybridized carbons (Fsp3) is 0.200. The van der Waals surface area contributed by atoms with Crippen molar-refractivity contribution in [3.8, 4) is 11.5 Å². The first-order valence-corrected chi connectivity index (χ1v) is 6.82. The summed E-state index contributed by atoms with van der Waals surface area (Å²) in [6.07, 6.45) is 0. The standard InChI is InChI=1S/C15H16BrNO2/c1-10(17)14-6-5-13(8-15(14)16)19-12-4-2-3-11(7-12)9-18/h2-8,10,18H,9,17H2,1H3. The van der Waals surface area contributed by atoms with Gasteiger partial charge in [-0.2, -0.15) is 0 Å². The Balaban J connectivity index is 2.21. The molecule has 3 N–H and O–H groups in total. The number of aliphatic hydroxyl groups excluding tert-OH is 1. The van der Waals surface area contributed by atoms with E-state index in [1.165, 1.54) is 0 Å². The summed E-state index contributed by atoms with van der Waals surface area (Å²) in [5.74, 6) is 1.43. The van der Waals surface area contributed by atoms with E-state index in [1.54, 1.807) is 0 Å². The van der Waals surface area contributed by atoms with Gasteiger partial charge >= 0.3 is 0 Å². The van der Waals surface area contributed by atoms with Gasteiger partial charge in [-0.1, -0.05) is 34.1 Å². The molecule has 0 amide bonds. The van der Waals surface area contributed by atoms with Gasteiger partial charge in [0.05, 0.1) is 6.61 Å². The zero-order valence-electron chi connectivity index (χ0n) is 10.6. The summed E-state index contributed by atoms with van der Waals surface area (Å²) in [5, 5.41) is 9.09. The maximum absolute atomic E-state index is 9.09. The van der Waals surface area contributed by atoms with Crippen molar-refractivity contribution in [1.29, 1.82) is 0 Å². The number of benzene rings is 2. The van der Waals surface area contributed by atoms with Gasteiger partial charge in [-0.05, 0) is 42.3 Å². The summed E-state index contributed by atoms with van der Waals surface area (Å²) in [5.41, 5.74) is 7.72. The molecule has 0 aliphatic rings.